The number of fused-ring (bicyclic) bond motifs is 2. The quantitative estimate of drug-likeness (QED) is 0.777. The molecule has 0 radical (unpaired) electrons. The summed E-state index contributed by atoms with van der Waals surface area (Å²) in [6.45, 7) is 0.214. The van der Waals surface area contributed by atoms with Gasteiger partial charge in [-0.25, -0.2) is 0 Å². The molecule has 25 heavy (non-hydrogen) atoms. The van der Waals surface area contributed by atoms with Gasteiger partial charge < -0.3 is 18.9 Å². The highest BCUT2D eigenvalue weighted by molar-refractivity contribution is 9.10. The van der Waals surface area contributed by atoms with Crippen LogP contribution in [0.15, 0.2) is 28.7 Å². The van der Waals surface area contributed by atoms with Gasteiger partial charge in [0.25, 0.3) is 0 Å². The Kier molecular flexibility index (Phi) is 4.07. The van der Waals surface area contributed by atoms with E-state index in [9.17, 15) is 4.79 Å². The standard InChI is InChI=1S/C19H17BrO5/c1-22-12-4-10-3-11(21)5-14(19(10)18(6-12)23-2)13-7-16-17(8-15(13)20)25-9-24-16/h4,6-8,14H,3,5,9H2,1-2H3. The van der Waals surface area contributed by atoms with Crippen LogP contribution < -0.4 is 18.9 Å². The molecule has 0 spiro atoms. The molecule has 2 aromatic rings. The van der Waals surface area contributed by atoms with Crippen molar-refractivity contribution in [3.8, 4) is 23.0 Å². The number of hydrogen-bond donors (Lipinski definition) is 0. The van der Waals surface area contributed by atoms with Crippen molar-refractivity contribution in [3.63, 3.8) is 0 Å². The highest BCUT2D eigenvalue weighted by atomic mass is 79.9. The van der Waals surface area contributed by atoms with Crippen LogP contribution in [0.1, 0.15) is 29.0 Å². The predicted molar refractivity (Wildman–Crippen MR) is 95.0 cm³/mol. The van der Waals surface area contributed by atoms with E-state index < -0.39 is 0 Å². The fourth-order valence-corrected chi connectivity index (χ4v) is 4.16. The number of carbonyl (C=O) groups excluding carboxylic acids is 1. The van der Waals surface area contributed by atoms with Gasteiger partial charge >= 0.3 is 0 Å². The van der Waals surface area contributed by atoms with E-state index in [0.29, 0.717) is 30.1 Å². The van der Waals surface area contributed by atoms with E-state index in [4.69, 9.17) is 18.9 Å². The Balaban J connectivity index is 1.89. The Hall–Kier alpha value is -2.21. The van der Waals surface area contributed by atoms with Crippen LogP contribution in [0.25, 0.3) is 0 Å². The molecule has 1 aliphatic carbocycles. The summed E-state index contributed by atoms with van der Waals surface area (Å²) in [7, 11) is 3.24. The first-order valence-electron chi connectivity index (χ1n) is 7.96. The molecule has 0 saturated carbocycles. The largest absolute Gasteiger partial charge is 0.497 e. The average Bonchev–Trinajstić information content (AvgIpc) is 3.06. The lowest BCUT2D eigenvalue weighted by Crippen LogP contribution is -2.20. The minimum Gasteiger partial charge on any atom is -0.497 e. The van der Waals surface area contributed by atoms with E-state index in [1.807, 2.05) is 24.3 Å². The van der Waals surface area contributed by atoms with Gasteiger partial charge in [-0.2, -0.15) is 0 Å². The molecule has 0 saturated heterocycles. The molecule has 2 aromatic carbocycles. The van der Waals surface area contributed by atoms with Crippen molar-refractivity contribution >= 4 is 21.7 Å². The summed E-state index contributed by atoms with van der Waals surface area (Å²) in [5.74, 6) is 2.91. The third-order valence-electron chi connectivity index (χ3n) is 4.69. The van der Waals surface area contributed by atoms with Gasteiger partial charge in [0.2, 0.25) is 6.79 Å². The third-order valence-corrected chi connectivity index (χ3v) is 5.38. The normalized spacial score (nSPS) is 18.0. The lowest BCUT2D eigenvalue weighted by atomic mass is 9.77. The van der Waals surface area contributed by atoms with Gasteiger partial charge in [0, 0.05) is 34.9 Å². The number of Topliss-reactive ketones (excluding diaryl/α,β-unsaturated/α-hetero) is 1. The van der Waals surface area contributed by atoms with E-state index in [2.05, 4.69) is 15.9 Å². The molecule has 1 aliphatic heterocycles. The SMILES string of the molecule is COc1cc2c(c(OC)c1)C(c1cc3c(cc1Br)OCO3)CC(=O)C2. The van der Waals surface area contributed by atoms with Crippen molar-refractivity contribution in [2.75, 3.05) is 21.0 Å². The Morgan fingerprint density at radius 2 is 1.84 bits per heavy atom. The molecule has 4 rings (SSSR count). The fraction of sp³-hybridized carbons (Fsp3) is 0.316. The summed E-state index contributed by atoms with van der Waals surface area (Å²) >= 11 is 3.62. The Bertz CT molecular complexity index is 861. The monoisotopic (exact) mass is 404 g/mol. The summed E-state index contributed by atoms with van der Waals surface area (Å²) in [5, 5.41) is 0. The van der Waals surface area contributed by atoms with Crippen LogP contribution >= 0.6 is 15.9 Å². The minimum atomic E-state index is -0.110. The molecule has 130 valence electrons. The van der Waals surface area contributed by atoms with Gasteiger partial charge in [0.1, 0.15) is 17.3 Å². The minimum absolute atomic E-state index is 0.110. The number of ether oxygens (including phenoxy) is 4. The van der Waals surface area contributed by atoms with Gasteiger partial charge in [0.05, 0.1) is 14.2 Å². The Morgan fingerprint density at radius 1 is 1.08 bits per heavy atom. The summed E-state index contributed by atoms with van der Waals surface area (Å²) in [6.07, 6.45) is 0.815. The zero-order valence-corrected chi connectivity index (χ0v) is 15.5. The summed E-state index contributed by atoms with van der Waals surface area (Å²) in [5.41, 5.74) is 2.96. The highest BCUT2D eigenvalue weighted by Crippen LogP contribution is 2.47. The number of methoxy groups -OCH3 is 2. The number of halogens is 1. The van der Waals surface area contributed by atoms with Crippen LogP contribution in [0, 0.1) is 0 Å². The maximum absolute atomic E-state index is 12.4. The van der Waals surface area contributed by atoms with E-state index in [1.54, 1.807) is 14.2 Å². The first-order valence-corrected chi connectivity index (χ1v) is 8.75. The lowest BCUT2D eigenvalue weighted by Gasteiger charge is -2.28. The second-order valence-electron chi connectivity index (χ2n) is 6.10. The lowest BCUT2D eigenvalue weighted by molar-refractivity contribution is -0.119. The van der Waals surface area contributed by atoms with Gasteiger partial charge in [-0.1, -0.05) is 15.9 Å². The molecule has 0 fully saturated rings. The molecule has 0 aromatic heterocycles. The molecular weight excluding hydrogens is 388 g/mol. The van der Waals surface area contributed by atoms with Crippen molar-refractivity contribution in [1.82, 2.24) is 0 Å². The number of carbonyl (C=O) groups is 1. The van der Waals surface area contributed by atoms with Crippen LogP contribution in [-0.2, 0) is 11.2 Å². The molecule has 6 heteroatoms. The van der Waals surface area contributed by atoms with Gasteiger partial charge in [-0.15, -0.1) is 0 Å². The van der Waals surface area contributed by atoms with Crippen LogP contribution in [0.2, 0.25) is 0 Å². The molecular formula is C19H17BrO5. The Morgan fingerprint density at radius 3 is 2.56 bits per heavy atom. The number of rotatable bonds is 3. The van der Waals surface area contributed by atoms with Crippen molar-refractivity contribution in [1.29, 1.82) is 0 Å². The average molecular weight is 405 g/mol. The number of hydrogen-bond acceptors (Lipinski definition) is 5. The molecule has 1 unspecified atom stereocenters. The van der Waals surface area contributed by atoms with Crippen LogP contribution in [0.5, 0.6) is 23.0 Å². The summed E-state index contributed by atoms with van der Waals surface area (Å²) in [4.78, 5) is 12.4. The molecule has 0 amide bonds. The van der Waals surface area contributed by atoms with Gasteiger partial charge in [0.15, 0.2) is 11.5 Å². The first-order chi connectivity index (χ1) is 12.1. The molecule has 1 atom stereocenters. The maximum atomic E-state index is 12.4. The Labute approximate surface area is 154 Å². The van der Waals surface area contributed by atoms with Crippen molar-refractivity contribution < 1.29 is 23.7 Å². The maximum Gasteiger partial charge on any atom is 0.231 e. The second-order valence-corrected chi connectivity index (χ2v) is 6.96. The molecule has 0 bridgehead atoms. The second kappa shape index (κ2) is 6.26. The van der Waals surface area contributed by atoms with Crippen LogP contribution in [0.4, 0.5) is 0 Å². The van der Waals surface area contributed by atoms with E-state index in [-0.39, 0.29) is 18.5 Å². The van der Waals surface area contributed by atoms with Crippen molar-refractivity contribution in [2.45, 2.75) is 18.8 Å². The zero-order chi connectivity index (χ0) is 17.6. The van der Waals surface area contributed by atoms with Crippen LogP contribution in [0.3, 0.4) is 0 Å². The van der Waals surface area contributed by atoms with E-state index in [0.717, 1.165) is 26.9 Å². The van der Waals surface area contributed by atoms with E-state index in [1.165, 1.54) is 0 Å². The highest BCUT2D eigenvalue weighted by Gasteiger charge is 2.33. The van der Waals surface area contributed by atoms with Gasteiger partial charge in [-0.05, 0) is 29.3 Å². The molecule has 5 nitrogen and oxygen atoms in total. The first kappa shape index (κ1) is 16.3. The smallest absolute Gasteiger partial charge is 0.231 e. The summed E-state index contributed by atoms with van der Waals surface area (Å²) in [6, 6.07) is 7.63. The van der Waals surface area contributed by atoms with E-state index >= 15 is 0 Å². The fourth-order valence-electron chi connectivity index (χ4n) is 3.56. The molecule has 0 N–H and O–H groups in total. The third kappa shape index (κ3) is 2.74. The zero-order valence-electron chi connectivity index (χ0n) is 13.9. The van der Waals surface area contributed by atoms with Crippen LogP contribution in [-0.4, -0.2) is 26.8 Å². The predicted octanol–water partition coefficient (Wildman–Crippen LogP) is 3.84. The number of ketones is 1. The van der Waals surface area contributed by atoms with Crippen molar-refractivity contribution in [3.05, 3.63) is 45.4 Å². The number of benzene rings is 2. The topological polar surface area (TPSA) is 54.0 Å². The van der Waals surface area contributed by atoms with Crippen molar-refractivity contribution in [2.24, 2.45) is 0 Å². The molecule has 1 heterocycles. The summed E-state index contributed by atoms with van der Waals surface area (Å²) < 4.78 is 22.8. The molecule has 2 aliphatic rings. The van der Waals surface area contributed by atoms with Gasteiger partial charge in [-0.3, -0.25) is 4.79 Å².